The molecule has 6 heteroatoms. The quantitative estimate of drug-likeness (QED) is 0.546. The lowest BCUT2D eigenvalue weighted by Crippen LogP contribution is -2.16. The van der Waals surface area contributed by atoms with Crippen LogP contribution in [0.4, 0.5) is 0 Å². The molecule has 1 atom stereocenters. The molecule has 0 amide bonds. The predicted molar refractivity (Wildman–Crippen MR) is 52.9 cm³/mol. The van der Waals surface area contributed by atoms with E-state index in [0.717, 1.165) is 0 Å². The number of hydrogen-bond acceptors (Lipinski definition) is 2. The molecule has 0 aromatic carbocycles. The topological polar surface area (TPSA) is 74.6 Å². The number of carboxylic acid groups (broad SMARTS) is 2. The van der Waals surface area contributed by atoms with E-state index in [1.165, 1.54) is 0 Å². The van der Waals surface area contributed by atoms with Crippen LogP contribution in [0.15, 0.2) is 11.6 Å². The highest BCUT2D eigenvalue weighted by atomic mass is 35.5. The van der Waals surface area contributed by atoms with Gasteiger partial charge in [-0.1, -0.05) is 0 Å². The van der Waals surface area contributed by atoms with Crippen LogP contribution in [0.1, 0.15) is 6.42 Å². The largest absolute Gasteiger partial charge is 0.478 e. The second-order valence-electron chi connectivity index (χ2n) is 2.57. The standard InChI is InChI=1S/C8H10Cl2O4/c9-2-1-5(4-10)6(8(13)14)3-7(11)12/h3,5H,1-2,4H2,(H,11,12)(H,13,14)/b6-3-. The van der Waals surface area contributed by atoms with Crippen molar-refractivity contribution in [3.8, 4) is 0 Å². The summed E-state index contributed by atoms with van der Waals surface area (Å²) in [5.74, 6) is -2.82. The van der Waals surface area contributed by atoms with E-state index < -0.39 is 17.9 Å². The monoisotopic (exact) mass is 240 g/mol. The van der Waals surface area contributed by atoms with Gasteiger partial charge >= 0.3 is 11.9 Å². The number of halogens is 2. The highest BCUT2D eigenvalue weighted by molar-refractivity contribution is 6.19. The number of hydrogen-bond donors (Lipinski definition) is 2. The Morgan fingerprint density at radius 1 is 1.29 bits per heavy atom. The van der Waals surface area contributed by atoms with E-state index >= 15 is 0 Å². The molecule has 0 spiro atoms. The lowest BCUT2D eigenvalue weighted by molar-refractivity contribution is -0.135. The van der Waals surface area contributed by atoms with Gasteiger partial charge in [0.25, 0.3) is 0 Å². The molecule has 0 aliphatic carbocycles. The van der Waals surface area contributed by atoms with Gasteiger partial charge in [0.05, 0.1) is 0 Å². The third-order valence-corrected chi connectivity index (χ3v) is 2.20. The molecule has 0 saturated heterocycles. The summed E-state index contributed by atoms with van der Waals surface area (Å²) in [6.45, 7) is 0. The molecule has 1 unspecified atom stereocenters. The Labute approximate surface area is 91.1 Å². The summed E-state index contributed by atoms with van der Waals surface area (Å²) >= 11 is 10.9. The molecule has 4 nitrogen and oxygen atoms in total. The van der Waals surface area contributed by atoms with Gasteiger partial charge in [-0.15, -0.1) is 23.2 Å². The summed E-state index contributed by atoms with van der Waals surface area (Å²) < 4.78 is 0. The Morgan fingerprint density at radius 3 is 2.14 bits per heavy atom. The molecule has 0 bridgehead atoms. The smallest absolute Gasteiger partial charge is 0.332 e. The van der Waals surface area contributed by atoms with Gasteiger partial charge in [-0.25, -0.2) is 9.59 Å². The summed E-state index contributed by atoms with van der Waals surface area (Å²) in [5, 5.41) is 17.1. The average molecular weight is 241 g/mol. The average Bonchev–Trinajstić information content (AvgIpc) is 2.10. The molecule has 80 valence electrons. The third-order valence-electron chi connectivity index (χ3n) is 1.61. The van der Waals surface area contributed by atoms with Gasteiger partial charge < -0.3 is 10.2 Å². The van der Waals surface area contributed by atoms with Crippen molar-refractivity contribution in [2.75, 3.05) is 11.8 Å². The second kappa shape index (κ2) is 6.68. The van der Waals surface area contributed by atoms with Gasteiger partial charge in [0.2, 0.25) is 0 Å². The maximum Gasteiger partial charge on any atom is 0.332 e. The van der Waals surface area contributed by atoms with Crippen molar-refractivity contribution in [2.24, 2.45) is 5.92 Å². The van der Waals surface area contributed by atoms with Crippen molar-refractivity contribution in [1.82, 2.24) is 0 Å². The molecule has 2 N–H and O–H groups in total. The first-order valence-electron chi connectivity index (χ1n) is 3.82. The van der Waals surface area contributed by atoms with E-state index in [-0.39, 0.29) is 17.3 Å². The fraction of sp³-hybridized carbons (Fsp3) is 0.500. The van der Waals surface area contributed by atoms with Gasteiger partial charge in [-0.05, 0) is 6.42 Å². The minimum atomic E-state index is -1.30. The fourth-order valence-corrected chi connectivity index (χ4v) is 1.52. The second-order valence-corrected chi connectivity index (χ2v) is 3.26. The lowest BCUT2D eigenvalue weighted by Gasteiger charge is -2.12. The lowest BCUT2D eigenvalue weighted by atomic mass is 9.98. The minimum Gasteiger partial charge on any atom is -0.478 e. The number of carboxylic acids is 2. The maximum atomic E-state index is 10.7. The van der Waals surface area contributed by atoms with Gasteiger partial charge in [-0.3, -0.25) is 0 Å². The van der Waals surface area contributed by atoms with Crippen LogP contribution in [-0.4, -0.2) is 33.9 Å². The van der Waals surface area contributed by atoms with Crippen LogP contribution in [0.5, 0.6) is 0 Å². The summed E-state index contributed by atoms with van der Waals surface area (Å²) in [5.41, 5.74) is -0.215. The zero-order chi connectivity index (χ0) is 11.1. The molecular formula is C8H10Cl2O4. The van der Waals surface area contributed by atoms with Gasteiger partial charge in [-0.2, -0.15) is 0 Å². The molecule has 0 rings (SSSR count). The third kappa shape index (κ3) is 4.48. The minimum absolute atomic E-state index is 0.0398. The number of aliphatic carboxylic acids is 2. The normalized spacial score (nSPS) is 13.7. The first kappa shape index (κ1) is 13.3. The SMILES string of the molecule is O=C(O)/C=C(\C(=O)O)C(CCl)CCCl. The predicted octanol–water partition coefficient (Wildman–Crippen LogP) is 1.57. The Kier molecular flexibility index (Phi) is 6.32. The Balaban J connectivity index is 4.78. The fourth-order valence-electron chi connectivity index (χ4n) is 0.935. The van der Waals surface area contributed by atoms with Gasteiger partial charge in [0.15, 0.2) is 0 Å². The van der Waals surface area contributed by atoms with Crippen molar-refractivity contribution in [3.05, 3.63) is 11.6 Å². The van der Waals surface area contributed by atoms with E-state index in [1.807, 2.05) is 0 Å². The van der Waals surface area contributed by atoms with Crippen LogP contribution < -0.4 is 0 Å². The van der Waals surface area contributed by atoms with Crippen LogP contribution >= 0.6 is 23.2 Å². The molecule has 0 fully saturated rings. The Hall–Kier alpha value is -0.740. The van der Waals surface area contributed by atoms with Crippen LogP contribution in [-0.2, 0) is 9.59 Å². The first-order valence-corrected chi connectivity index (χ1v) is 4.89. The number of carbonyl (C=O) groups is 2. The van der Waals surface area contributed by atoms with E-state index in [0.29, 0.717) is 12.5 Å². The van der Waals surface area contributed by atoms with E-state index in [4.69, 9.17) is 33.4 Å². The van der Waals surface area contributed by atoms with Crippen LogP contribution in [0.25, 0.3) is 0 Å². The van der Waals surface area contributed by atoms with Crippen LogP contribution in [0.3, 0.4) is 0 Å². The van der Waals surface area contributed by atoms with E-state index in [2.05, 4.69) is 0 Å². The summed E-state index contributed by atoms with van der Waals surface area (Å²) in [7, 11) is 0. The molecule has 0 saturated carbocycles. The zero-order valence-electron chi connectivity index (χ0n) is 7.24. The summed E-state index contributed by atoms with van der Waals surface area (Å²) in [6.07, 6.45) is 0.998. The number of rotatable bonds is 6. The number of alkyl halides is 2. The van der Waals surface area contributed by atoms with Crippen molar-refractivity contribution in [1.29, 1.82) is 0 Å². The van der Waals surface area contributed by atoms with Crippen molar-refractivity contribution >= 4 is 35.1 Å². The Morgan fingerprint density at radius 2 is 1.86 bits per heavy atom. The first-order chi connectivity index (χ1) is 6.52. The van der Waals surface area contributed by atoms with Crippen LogP contribution in [0.2, 0.25) is 0 Å². The van der Waals surface area contributed by atoms with Gasteiger partial charge in [0.1, 0.15) is 0 Å². The summed E-state index contributed by atoms with van der Waals surface area (Å²) in [6, 6.07) is 0. The van der Waals surface area contributed by atoms with Crippen molar-refractivity contribution in [2.45, 2.75) is 6.42 Å². The molecule has 0 aliphatic heterocycles. The molecule has 0 radical (unpaired) electrons. The van der Waals surface area contributed by atoms with Gasteiger partial charge in [0, 0.05) is 29.3 Å². The highest BCUT2D eigenvalue weighted by Crippen LogP contribution is 2.18. The molecular weight excluding hydrogens is 231 g/mol. The Bertz CT molecular complexity index is 250. The van der Waals surface area contributed by atoms with E-state index in [9.17, 15) is 9.59 Å². The van der Waals surface area contributed by atoms with E-state index in [1.54, 1.807) is 0 Å². The van der Waals surface area contributed by atoms with Crippen LogP contribution in [0, 0.1) is 5.92 Å². The molecule has 0 aliphatic rings. The van der Waals surface area contributed by atoms with Crippen molar-refractivity contribution in [3.63, 3.8) is 0 Å². The molecule has 0 aromatic rings. The van der Waals surface area contributed by atoms with Crippen molar-refractivity contribution < 1.29 is 19.8 Å². The zero-order valence-corrected chi connectivity index (χ0v) is 8.75. The maximum absolute atomic E-state index is 10.7. The molecule has 0 aromatic heterocycles. The molecule has 0 heterocycles. The summed E-state index contributed by atoms with van der Waals surface area (Å²) in [4.78, 5) is 21.0. The molecule has 14 heavy (non-hydrogen) atoms. The highest BCUT2D eigenvalue weighted by Gasteiger charge is 2.20.